The first-order valence-electron chi connectivity index (χ1n) is 8.19. The van der Waals surface area contributed by atoms with Crippen LogP contribution in [0.25, 0.3) is 0 Å². The van der Waals surface area contributed by atoms with Gasteiger partial charge in [0.2, 0.25) is 0 Å². The highest BCUT2D eigenvalue weighted by atomic mass is 16.6. The first-order valence-corrected chi connectivity index (χ1v) is 8.19. The summed E-state index contributed by atoms with van der Waals surface area (Å²) in [5.74, 6) is -1.37. The quantitative estimate of drug-likeness (QED) is 0.275. The van der Waals surface area contributed by atoms with Gasteiger partial charge in [0, 0.05) is 12.0 Å². The summed E-state index contributed by atoms with van der Waals surface area (Å²) in [5.41, 5.74) is -1.39. The highest BCUT2D eigenvalue weighted by Gasteiger charge is 2.49. The number of hydroxylamine groups is 3. The van der Waals surface area contributed by atoms with Crippen LogP contribution in [0.5, 0.6) is 0 Å². The van der Waals surface area contributed by atoms with Gasteiger partial charge < -0.3 is 29.9 Å². The molecule has 2 aliphatic heterocycles. The number of nitrogens with zero attached hydrogens (tertiary/aromatic N) is 1. The molecule has 7 nitrogen and oxygen atoms in total. The highest BCUT2D eigenvalue weighted by molar-refractivity contribution is 5.80. The van der Waals surface area contributed by atoms with Crippen LogP contribution in [0.1, 0.15) is 33.6 Å². The molecule has 3 N–H and O–H groups in total. The van der Waals surface area contributed by atoms with Gasteiger partial charge >= 0.3 is 5.97 Å². The minimum Gasteiger partial charge on any atom is -0.632 e. The Bertz CT molecular complexity index is 493. The lowest BCUT2D eigenvalue weighted by atomic mass is 9.82. The number of fused-ring (bicyclic) bond motifs is 1. The maximum atomic E-state index is 12.5. The van der Waals surface area contributed by atoms with Crippen LogP contribution in [0.15, 0.2) is 11.6 Å². The Labute approximate surface area is 136 Å². The molecule has 132 valence electrons. The Morgan fingerprint density at radius 1 is 1.57 bits per heavy atom. The van der Waals surface area contributed by atoms with Crippen molar-refractivity contribution < 1.29 is 29.5 Å². The molecule has 0 aromatic rings. The summed E-state index contributed by atoms with van der Waals surface area (Å²) in [4.78, 5) is 12.3. The van der Waals surface area contributed by atoms with E-state index in [-0.39, 0.29) is 13.2 Å². The van der Waals surface area contributed by atoms with Crippen molar-refractivity contribution in [3.8, 4) is 0 Å². The van der Waals surface area contributed by atoms with Gasteiger partial charge in [0.25, 0.3) is 0 Å². The van der Waals surface area contributed by atoms with Crippen molar-refractivity contribution in [2.24, 2.45) is 5.92 Å². The Morgan fingerprint density at radius 3 is 2.78 bits per heavy atom. The molecular formula is C16H27NO6. The summed E-state index contributed by atoms with van der Waals surface area (Å²) in [6.07, 6.45) is 0.641. The molecule has 0 bridgehead atoms. The highest BCUT2D eigenvalue weighted by Crippen LogP contribution is 2.36. The van der Waals surface area contributed by atoms with E-state index in [0.29, 0.717) is 25.0 Å². The molecular weight excluding hydrogens is 302 g/mol. The zero-order chi connectivity index (χ0) is 17.4. The van der Waals surface area contributed by atoms with E-state index in [9.17, 15) is 25.3 Å². The van der Waals surface area contributed by atoms with Crippen molar-refractivity contribution in [2.45, 2.75) is 57.5 Å². The van der Waals surface area contributed by atoms with E-state index < -0.39 is 40.4 Å². The summed E-state index contributed by atoms with van der Waals surface area (Å²) in [5, 5.41) is 42.8. The number of esters is 1. The fraction of sp³-hybridized carbons (Fsp3) is 0.812. The Morgan fingerprint density at radius 2 is 2.22 bits per heavy atom. The topological polar surface area (TPSA) is 110 Å². The molecule has 4 unspecified atom stereocenters. The third kappa shape index (κ3) is 3.04. The molecule has 2 aliphatic rings. The minimum atomic E-state index is -1.98. The maximum Gasteiger partial charge on any atom is 0.341 e. The Kier molecular flexibility index (Phi) is 5.18. The van der Waals surface area contributed by atoms with E-state index in [1.807, 2.05) is 6.92 Å². The molecule has 2 heterocycles. The monoisotopic (exact) mass is 329 g/mol. The first kappa shape index (κ1) is 18.4. The summed E-state index contributed by atoms with van der Waals surface area (Å²) in [6, 6.07) is -0.592. The number of carbonyl (C=O) groups excluding carboxylic acids is 1. The van der Waals surface area contributed by atoms with E-state index in [0.717, 1.165) is 0 Å². The molecule has 0 saturated carbocycles. The average molecular weight is 329 g/mol. The van der Waals surface area contributed by atoms with E-state index in [4.69, 9.17) is 4.74 Å². The van der Waals surface area contributed by atoms with E-state index in [2.05, 4.69) is 0 Å². The Balaban J connectivity index is 2.04. The molecule has 2 rings (SSSR count). The fourth-order valence-corrected chi connectivity index (χ4v) is 3.61. The van der Waals surface area contributed by atoms with Crippen molar-refractivity contribution in [1.29, 1.82) is 0 Å². The molecule has 0 aromatic carbocycles. The number of ether oxygens (including phenoxy) is 1. The number of hydrogen-bond donors (Lipinski definition) is 3. The zero-order valence-electron chi connectivity index (χ0n) is 13.9. The van der Waals surface area contributed by atoms with Crippen LogP contribution in [0, 0.1) is 11.1 Å². The second kappa shape index (κ2) is 6.49. The van der Waals surface area contributed by atoms with Gasteiger partial charge in [-0.15, -0.1) is 0 Å². The predicted molar refractivity (Wildman–Crippen MR) is 82.9 cm³/mol. The third-order valence-corrected chi connectivity index (χ3v) is 5.41. The molecule has 6 atom stereocenters. The third-order valence-electron chi connectivity index (χ3n) is 5.41. The molecule has 0 amide bonds. The number of aliphatic hydroxyl groups excluding tert-OH is 2. The average Bonchev–Trinajstić information content (AvgIpc) is 2.99. The zero-order valence-corrected chi connectivity index (χ0v) is 13.9. The van der Waals surface area contributed by atoms with Crippen molar-refractivity contribution in [1.82, 2.24) is 0 Å². The SMILES string of the molecule is CCC(C)C(O)(C(=O)OCC1=CC[N+]2([O-])CC[C@@H](O)[C@@H]12)C(C)O. The smallest absolute Gasteiger partial charge is 0.341 e. The van der Waals surface area contributed by atoms with Gasteiger partial charge in [0.1, 0.15) is 18.8 Å². The van der Waals surface area contributed by atoms with Crippen LogP contribution in [0.3, 0.4) is 0 Å². The second-order valence-corrected chi connectivity index (χ2v) is 6.83. The van der Waals surface area contributed by atoms with Crippen molar-refractivity contribution in [3.05, 3.63) is 16.9 Å². The van der Waals surface area contributed by atoms with Gasteiger partial charge in [-0.3, -0.25) is 0 Å². The predicted octanol–water partition coefficient (Wildman–Crippen LogP) is 0.0754. The van der Waals surface area contributed by atoms with Gasteiger partial charge in [0.05, 0.1) is 19.2 Å². The largest absolute Gasteiger partial charge is 0.632 e. The first-order chi connectivity index (χ1) is 10.7. The van der Waals surface area contributed by atoms with E-state index >= 15 is 0 Å². The van der Waals surface area contributed by atoms with Gasteiger partial charge in [-0.1, -0.05) is 20.3 Å². The van der Waals surface area contributed by atoms with Crippen LogP contribution in [0.4, 0.5) is 0 Å². The standard InChI is InChI=1S/C16H27NO6/c1-4-10(2)16(21,11(3)18)15(20)23-9-12-5-7-17(22)8-6-13(19)14(12)17/h5,10-11,13-14,18-19,21H,4,6-9H2,1-3H3/t10?,11?,13-,14-,16?,17?/m1/s1. The lowest BCUT2D eigenvalue weighted by Gasteiger charge is -2.40. The van der Waals surface area contributed by atoms with Gasteiger partial charge in [-0.25, -0.2) is 4.79 Å². The molecule has 0 aliphatic carbocycles. The number of hydrogen-bond acceptors (Lipinski definition) is 6. The van der Waals surface area contributed by atoms with Crippen molar-refractivity contribution >= 4 is 5.97 Å². The van der Waals surface area contributed by atoms with Gasteiger partial charge in [0.15, 0.2) is 5.60 Å². The van der Waals surface area contributed by atoms with E-state index in [1.165, 1.54) is 6.92 Å². The molecule has 0 radical (unpaired) electrons. The normalized spacial score (nSPS) is 35.2. The molecule has 1 saturated heterocycles. The maximum absolute atomic E-state index is 12.5. The minimum absolute atomic E-state index is 0.145. The molecule has 0 spiro atoms. The lowest BCUT2D eigenvalue weighted by Crippen LogP contribution is -2.54. The van der Waals surface area contributed by atoms with Crippen molar-refractivity contribution in [2.75, 3.05) is 19.7 Å². The summed E-state index contributed by atoms with van der Waals surface area (Å²) in [7, 11) is 0. The van der Waals surface area contributed by atoms with Crippen LogP contribution in [-0.2, 0) is 9.53 Å². The van der Waals surface area contributed by atoms with Gasteiger partial charge in [-0.05, 0) is 18.9 Å². The molecule has 1 fully saturated rings. The fourth-order valence-electron chi connectivity index (χ4n) is 3.61. The summed E-state index contributed by atoms with van der Waals surface area (Å²) >= 11 is 0. The van der Waals surface area contributed by atoms with Crippen LogP contribution < -0.4 is 0 Å². The number of aliphatic hydroxyl groups is 3. The second-order valence-electron chi connectivity index (χ2n) is 6.83. The number of rotatable bonds is 6. The lowest BCUT2D eigenvalue weighted by molar-refractivity contribution is -0.877. The Hall–Kier alpha value is -0.990. The molecule has 23 heavy (non-hydrogen) atoms. The van der Waals surface area contributed by atoms with E-state index in [1.54, 1.807) is 13.0 Å². The molecule has 0 aromatic heterocycles. The number of carbonyl (C=O) groups is 1. The summed E-state index contributed by atoms with van der Waals surface area (Å²) < 4.78 is 4.70. The summed E-state index contributed by atoms with van der Waals surface area (Å²) in [6.45, 7) is 5.30. The van der Waals surface area contributed by atoms with Crippen molar-refractivity contribution in [3.63, 3.8) is 0 Å². The van der Waals surface area contributed by atoms with Crippen LogP contribution >= 0.6 is 0 Å². The van der Waals surface area contributed by atoms with Crippen LogP contribution in [0.2, 0.25) is 0 Å². The van der Waals surface area contributed by atoms with Crippen LogP contribution in [-0.4, -0.2) is 69.5 Å². The molecule has 7 heteroatoms. The number of quaternary nitrogens is 1. The van der Waals surface area contributed by atoms with Gasteiger partial charge in [-0.2, -0.15) is 0 Å².